The molecule has 0 N–H and O–H groups in total. The van der Waals surface area contributed by atoms with Gasteiger partial charge in [0.15, 0.2) is 0 Å². The largest absolute Gasteiger partial charge is 0.308 e. The zero-order chi connectivity index (χ0) is 28.4. The Bertz CT molecular complexity index is 2780. The first kappa shape index (κ1) is 23.1. The van der Waals surface area contributed by atoms with E-state index in [0.29, 0.717) is 0 Å². The van der Waals surface area contributed by atoms with Gasteiger partial charge in [-0.15, -0.1) is 0 Å². The quantitative estimate of drug-likeness (QED) is 0.215. The minimum absolute atomic E-state index is 0.855. The molecule has 4 heteroatoms. The molecule has 0 aliphatic rings. The van der Waals surface area contributed by atoms with Crippen LogP contribution >= 0.6 is 0 Å². The number of aryl methyl sites for hydroxylation is 2. The molecule has 0 saturated heterocycles. The Morgan fingerprint density at radius 1 is 0.605 bits per heavy atom. The first-order valence-electron chi connectivity index (χ1n) is 15.0. The number of rotatable bonds is 2. The second-order valence-electron chi connectivity index (χ2n) is 11.7. The maximum absolute atomic E-state index is 5.36. The molecule has 202 valence electrons. The molecule has 0 aliphatic carbocycles. The van der Waals surface area contributed by atoms with E-state index in [4.69, 9.17) is 9.97 Å². The Kier molecular flexibility index (Phi) is 4.34. The van der Waals surface area contributed by atoms with E-state index in [9.17, 15) is 0 Å². The lowest BCUT2D eigenvalue weighted by atomic mass is 10.0. The van der Waals surface area contributed by atoms with Gasteiger partial charge < -0.3 is 4.40 Å². The fourth-order valence-electron chi connectivity index (χ4n) is 7.87. The first-order chi connectivity index (χ1) is 21.2. The summed E-state index contributed by atoms with van der Waals surface area (Å²) in [4.78, 5) is 10.1. The Hall–Kier alpha value is -5.48. The molecule has 0 radical (unpaired) electrons. The van der Waals surface area contributed by atoms with Crippen LogP contribution in [0.25, 0.3) is 87.4 Å². The molecule has 0 saturated carbocycles. The molecular formula is C39H26N4. The molecular weight excluding hydrogens is 524 g/mol. The van der Waals surface area contributed by atoms with E-state index in [1.807, 2.05) is 12.3 Å². The third kappa shape index (κ3) is 2.76. The molecule has 43 heavy (non-hydrogen) atoms. The molecule has 0 bridgehead atoms. The van der Waals surface area contributed by atoms with Gasteiger partial charge in [-0.25, -0.2) is 4.98 Å². The van der Waals surface area contributed by atoms with Crippen LogP contribution in [0.4, 0.5) is 0 Å². The highest BCUT2D eigenvalue weighted by molar-refractivity contribution is 6.36. The van der Waals surface area contributed by atoms with E-state index < -0.39 is 0 Å². The number of para-hydroxylation sites is 2. The normalized spacial score (nSPS) is 12.5. The van der Waals surface area contributed by atoms with E-state index in [1.54, 1.807) is 0 Å². The van der Waals surface area contributed by atoms with Crippen molar-refractivity contribution in [2.45, 2.75) is 20.3 Å². The maximum Gasteiger partial charge on any atom is 0.141 e. The molecule has 10 aromatic rings. The van der Waals surface area contributed by atoms with Gasteiger partial charge in [-0.2, -0.15) is 0 Å². The molecule has 0 spiro atoms. The van der Waals surface area contributed by atoms with Gasteiger partial charge in [0, 0.05) is 49.5 Å². The van der Waals surface area contributed by atoms with Gasteiger partial charge >= 0.3 is 0 Å². The predicted octanol–water partition coefficient (Wildman–Crippen LogP) is 9.90. The number of hydrogen-bond acceptors (Lipinski definition) is 2. The summed E-state index contributed by atoms with van der Waals surface area (Å²) in [6.07, 6.45) is 2.73. The van der Waals surface area contributed by atoms with Gasteiger partial charge in [0.1, 0.15) is 5.82 Å². The maximum atomic E-state index is 5.36. The minimum Gasteiger partial charge on any atom is -0.308 e. The lowest BCUT2D eigenvalue weighted by Crippen LogP contribution is -2.06. The number of fused-ring (bicyclic) bond motifs is 13. The average Bonchev–Trinajstić information content (AvgIpc) is 3.69. The van der Waals surface area contributed by atoms with Crippen LogP contribution in [0.1, 0.15) is 18.2 Å². The molecule has 10 rings (SSSR count). The summed E-state index contributed by atoms with van der Waals surface area (Å²) < 4.78 is 4.94. The topological polar surface area (TPSA) is 35.1 Å². The molecule has 5 aromatic heterocycles. The summed E-state index contributed by atoms with van der Waals surface area (Å²) in [5.74, 6) is 0.999. The second-order valence-corrected chi connectivity index (χ2v) is 11.7. The van der Waals surface area contributed by atoms with Crippen LogP contribution in [-0.2, 0) is 6.42 Å². The van der Waals surface area contributed by atoms with Crippen molar-refractivity contribution in [2.24, 2.45) is 0 Å². The van der Waals surface area contributed by atoms with Crippen LogP contribution in [0.15, 0.2) is 109 Å². The highest BCUT2D eigenvalue weighted by Crippen LogP contribution is 2.48. The van der Waals surface area contributed by atoms with E-state index >= 15 is 0 Å². The van der Waals surface area contributed by atoms with Crippen LogP contribution in [0.2, 0.25) is 0 Å². The molecule has 0 fully saturated rings. The standard InChI is InChI=1S/C39H26N4/c1-3-24-27-15-10-20-40-36(27)22(2)41-39(24)43-33-19-18-23-11-4-5-12-25(23)34(33)30-21-29-26-13-6-8-16-31(26)42-32-17-9-7-14-28(32)35(37(29)42)38(30)43/h4-21H,3H2,1-2H3. The average molecular weight is 551 g/mol. The van der Waals surface area contributed by atoms with Crippen molar-refractivity contribution >= 4 is 81.6 Å². The van der Waals surface area contributed by atoms with Crippen molar-refractivity contribution in [3.63, 3.8) is 0 Å². The van der Waals surface area contributed by atoms with Crippen molar-refractivity contribution in [3.05, 3.63) is 121 Å². The van der Waals surface area contributed by atoms with Crippen molar-refractivity contribution in [1.82, 2.24) is 18.9 Å². The molecule has 5 aromatic carbocycles. The zero-order valence-corrected chi connectivity index (χ0v) is 23.9. The van der Waals surface area contributed by atoms with E-state index in [1.165, 1.54) is 81.6 Å². The summed E-state index contributed by atoms with van der Waals surface area (Å²) in [7, 11) is 0. The van der Waals surface area contributed by atoms with Crippen molar-refractivity contribution in [2.75, 3.05) is 0 Å². The third-order valence-corrected chi connectivity index (χ3v) is 9.57. The zero-order valence-electron chi connectivity index (χ0n) is 23.9. The fraction of sp³-hybridized carbons (Fsp3) is 0.0769. The first-order valence-corrected chi connectivity index (χ1v) is 15.0. The lowest BCUT2D eigenvalue weighted by Gasteiger charge is -2.16. The molecule has 5 heterocycles. The van der Waals surface area contributed by atoms with Crippen LogP contribution < -0.4 is 0 Å². The van der Waals surface area contributed by atoms with E-state index in [2.05, 4.69) is 120 Å². The summed E-state index contributed by atoms with van der Waals surface area (Å²) in [6, 6.07) is 37.7. The summed E-state index contributed by atoms with van der Waals surface area (Å²) in [5.41, 5.74) is 9.32. The van der Waals surface area contributed by atoms with Gasteiger partial charge in [-0.3, -0.25) is 9.55 Å². The second kappa shape index (κ2) is 8.08. The fourth-order valence-corrected chi connectivity index (χ4v) is 7.87. The van der Waals surface area contributed by atoms with Crippen LogP contribution in [-0.4, -0.2) is 18.9 Å². The minimum atomic E-state index is 0.855. The smallest absolute Gasteiger partial charge is 0.141 e. The monoisotopic (exact) mass is 550 g/mol. The van der Waals surface area contributed by atoms with E-state index in [-0.39, 0.29) is 0 Å². The lowest BCUT2D eigenvalue weighted by molar-refractivity contribution is 0.998. The number of aromatic nitrogens is 4. The Labute approximate surface area is 246 Å². The number of pyridine rings is 2. The third-order valence-electron chi connectivity index (χ3n) is 9.57. The van der Waals surface area contributed by atoms with Gasteiger partial charge in [-0.1, -0.05) is 79.7 Å². The van der Waals surface area contributed by atoms with Gasteiger partial charge in [0.25, 0.3) is 0 Å². The summed E-state index contributed by atoms with van der Waals surface area (Å²) in [6.45, 7) is 4.32. The Morgan fingerprint density at radius 3 is 2.16 bits per heavy atom. The van der Waals surface area contributed by atoms with Crippen LogP contribution in [0, 0.1) is 6.92 Å². The summed E-state index contributed by atoms with van der Waals surface area (Å²) >= 11 is 0. The van der Waals surface area contributed by atoms with Gasteiger partial charge in [0.2, 0.25) is 0 Å². The Morgan fingerprint density at radius 2 is 1.33 bits per heavy atom. The van der Waals surface area contributed by atoms with Gasteiger partial charge in [0.05, 0.1) is 38.8 Å². The molecule has 4 nitrogen and oxygen atoms in total. The van der Waals surface area contributed by atoms with Crippen molar-refractivity contribution in [3.8, 4) is 5.82 Å². The van der Waals surface area contributed by atoms with Gasteiger partial charge in [-0.05, 0) is 54.4 Å². The molecule has 0 aliphatic heterocycles. The predicted molar refractivity (Wildman–Crippen MR) is 180 cm³/mol. The highest BCUT2D eigenvalue weighted by Gasteiger charge is 2.26. The van der Waals surface area contributed by atoms with Crippen molar-refractivity contribution in [1.29, 1.82) is 0 Å². The molecule has 0 unspecified atom stereocenters. The summed E-state index contributed by atoms with van der Waals surface area (Å²) in [5, 5.41) is 11.4. The number of hydrogen-bond donors (Lipinski definition) is 0. The van der Waals surface area contributed by atoms with Crippen LogP contribution in [0.5, 0.6) is 0 Å². The SMILES string of the molecule is CCc1c(-n2c3ccc4ccccc4c3c3cc4c5ccccc5n5c6ccccc6c(c32)c45)nc(C)c2ncccc12. The van der Waals surface area contributed by atoms with Crippen LogP contribution in [0.3, 0.4) is 0 Å². The van der Waals surface area contributed by atoms with E-state index in [0.717, 1.165) is 23.4 Å². The molecule has 0 amide bonds. The number of nitrogens with zero attached hydrogens (tertiary/aromatic N) is 4. The number of benzene rings is 5. The highest BCUT2D eigenvalue weighted by atomic mass is 15.1. The molecule has 0 atom stereocenters. The van der Waals surface area contributed by atoms with Crippen molar-refractivity contribution < 1.29 is 0 Å². The Balaban J connectivity index is 1.57.